The summed E-state index contributed by atoms with van der Waals surface area (Å²) < 4.78 is 0. The van der Waals surface area contributed by atoms with Crippen molar-refractivity contribution < 1.29 is 0 Å². The molecule has 2 aromatic carbocycles. The minimum Gasteiger partial charge on any atom is -0.375 e. The molecule has 0 spiro atoms. The van der Waals surface area contributed by atoms with Gasteiger partial charge in [-0.2, -0.15) is 0 Å². The number of likely N-dealkylation sites (tertiary alicyclic amines) is 1. The second kappa shape index (κ2) is 8.65. The molecule has 0 saturated carbocycles. The van der Waals surface area contributed by atoms with Crippen molar-refractivity contribution >= 4 is 11.4 Å². The molecule has 144 valence electrons. The molecule has 1 aliphatic heterocycles. The summed E-state index contributed by atoms with van der Waals surface area (Å²) in [7, 11) is 0. The molecular formula is C25H34N2. The zero-order chi connectivity index (χ0) is 19.4. The highest BCUT2D eigenvalue weighted by atomic mass is 15.2. The van der Waals surface area contributed by atoms with Crippen molar-refractivity contribution in [3.05, 3.63) is 70.9 Å². The molecule has 0 amide bonds. The van der Waals surface area contributed by atoms with Gasteiger partial charge in [-0.15, -0.1) is 0 Å². The summed E-state index contributed by atoms with van der Waals surface area (Å²) in [6, 6.07) is 13.8. The summed E-state index contributed by atoms with van der Waals surface area (Å²) in [5.74, 6) is 0. The molecule has 1 heterocycles. The topological polar surface area (TPSA) is 6.48 Å². The Bertz CT molecular complexity index is 806. The van der Waals surface area contributed by atoms with E-state index in [1.54, 1.807) is 0 Å². The fourth-order valence-corrected chi connectivity index (χ4v) is 3.98. The van der Waals surface area contributed by atoms with Gasteiger partial charge >= 0.3 is 0 Å². The van der Waals surface area contributed by atoms with Crippen LogP contribution in [0.2, 0.25) is 0 Å². The van der Waals surface area contributed by atoms with Gasteiger partial charge in [-0.3, -0.25) is 0 Å². The molecule has 0 aliphatic carbocycles. The van der Waals surface area contributed by atoms with Gasteiger partial charge in [-0.05, 0) is 93.0 Å². The van der Waals surface area contributed by atoms with Gasteiger partial charge in [0.1, 0.15) is 0 Å². The molecule has 0 radical (unpaired) electrons. The van der Waals surface area contributed by atoms with Crippen LogP contribution in [0.3, 0.4) is 0 Å². The molecule has 2 aromatic rings. The van der Waals surface area contributed by atoms with Crippen molar-refractivity contribution in [1.82, 2.24) is 4.90 Å². The quantitative estimate of drug-likeness (QED) is 0.569. The highest BCUT2D eigenvalue weighted by Gasteiger charge is 2.16. The van der Waals surface area contributed by atoms with E-state index in [1.165, 1.54) is 58.7 Å². The Labute approximate surface area is 165 Å². The van der Waals surface area contributed by atoms with Crippen molar-refractivity contribution in [2.45, 2.75) is 53.4 Å². The number of nitrogens with zero attached hydrogens (tertiary/aromatic N) is 2. The summed E-state index contributed by atoms with van der Waals surface area (Å²) in [5, 5.41) is 0. The fourth-order valence-electron chi connectivity index (χ4n) is 3.98. The largest absolute Gasteiger partial charge is 0.375 e. The van der Waals surface area contributed by atoms with E-state index in [-0.39, 0.29) is 0 Å². The number of allylic oxidation sites excluding steroid dienone is 1. The van der Waals surface area contributed by atoms with E-state index in [0.717, 1.165) is 25.9 Å². The highest BCUT2D eigenvalue weighted by Crippen LogP contribution is 2.30. The first kappa shape index (κ1) is 19.5. The monoisotopic (exact) mass is 362 g/mol. The first-order valence-electron chi connectivity index (χ1n) is 10.4. The third-order valence-electron chi connectivity index (χ3n) is 5.79. The van der Waals surface area contributed by atoms with E-state index in [4.69, 9.17) is 0 Å². The summed E-state index contributed by atoms with van der Waals surface area (Å²) in [4.78, 5) is 4.96. The number of hydrogen-bond donors (Lipinski definition) is 0. The third kappa shape index (κ3) is 4.74. The van der Waals surface area contributed by atoms with E-state index >= 15 is 0 Å². The molecule has 0 bridgehead atoms. The standard InChI is InChI=1S/C25H34N2/c1-6-23-15-19(2)16-25(18-23)27(24-11-10-20(3)21(4)17-24)14-8-13-26-12-7-9-22(26)5/h10-11,15-18H,5-9,12-14H2,1-4H3. The lowest BCUT2D eigenvalue weighted by atomic mass is 10.1. The molecule has 3 rings (SSSR count). The van der Waals surface area contributed by atoms with Crippen LogP contribution in [0.5, 0.6) is 0 Å². The molecule has 1 aliphatic rings. The predicted molar refractivity (Wildman–Crippen MR) is 118 cm³/mol. The summed E-state index contributed by atoms with van der Waals surface area (Å²) in [5.41, 5.74) is 9.38. The first-order chi connectivity index (χ1) is 13.0. The van der Waals surface area contributed by atoms with Crippen LogP contribution < -0.4 is 4.90 Å². The number of aryl methyl sites for hydroxylation is 4. The molecule has 0 atom stereocenters. The van der Waals surface area contributed by atoms with E-state index in [2.05, 4.69) is 80.5 Å². The Morgan fingerprint density at radius 1 is 1.00 bits per heavy atom. The second-order valence-corrected chi connectivity index (χ2v) is 7.96. The Hall–Kier alpha value is -2.22. The number of hydrogen-bond acceptors (Lipinski definition) is 2. The fraction of sp³-hybridized carbons (Fsp3) is 0.440. The van der Waals surface area contributed by atoms with Crippen LogP contribution in [0.15, 0.2) is 48.7 Å². The summed E-state index contributed by atoms with van der Waals surface area (Å²) in [6.07, 6.45) is 4.64. The van der Waals surface area contributed by atoms with Crippen LogP contribution in [0.25, 0.3) is 0 Å². The molecule has 2 nitrogen and oxygen atoms in total. The molecule has 2 heteroatoms. The third-order valence-corrected chi connectivity index (χ3v) is 5.79. The Kier molecular flexibility index (Phi) is 6.26. The summed E-state index contributed by atoms with van der Waals surface area (Å²) >= 11 is 0. The number of rotatable bonds is 7. The van der Waals surface area contributed by atoms with Crippen LogP contribution in [0.1, 0.15) is 48.4 Å². The van der Waals surface area contributed by atoms with Gasteiger partial charge in [-0.25, -0.2) is 0 Å². The zero-order valence-electron chi connectivity index (χ0n) is 17.5. The maximum atomic E-state index is 4.22. The van der Waals surface area contributed by atoms with Gasteiger partial charge in [0, 0.05) is 36.7 Å². The van der Waals surface area contributed by atoms with Gasteiger partial charge in [0.2, 0.25) is 0 Å². The maximum absolute atomic E-state index is 4.22. The van der Waals surface area contributed by atoms with Gasteiger partial charge in [0.25, 0.3) is 0 Å². The lowest BCUT2D eigenvalue weighted by Crippen LogP contribution is -2.25. The maximum Gasteiger partial charge on any atom is 0.0416 e. The van der Waals surface area contributed by atoms with Crippen molar-refractivity contribution in [2.75, 3.05) is 24.5 Å². The lowest BCUT2D eigenvalue weighted by Gasteiger charge is -2.28. The molecule has 0 aromatic heterocycles. The molecule has 0 unspecified atom stereocenters. The molecule has 1 saturated heterocycles. The van der Waals surface area contributed by atoms with Crippen LogP contribution in [0, 0.1) is 20.8 Å². The van der Waals surface area contributed by atoms with E-state index in [1.807, 2.05) is 0 Å². The van der Waals surface area contributed by atoms with Crippen molar-refractivity contribution in [3.8, 4) is 0 Å². The van der Waals surface area contributed by atoms with Crippen LogP contribution >= 0.6 is 0 Å². The number of benzene rings is 2. The van der Waals surface area contributed by atoms with Crippen molar-refractivity contribution in [1.29, 1.82) is 0 Å². The van der Waals surface area contributed by atoms with Gasteiger partial charge in [-0.1, -0.05) is 25.6 Å². The molecule has 1 fully saturated rings. The molecule has 27 heavy (non-hydrogen) atoms. The number of anilines is 2. The lowest BCUT2D eigenvalue weighted by molar-refractivity contribution is 0.388. The van der Waals surface area contributed by atoms with Gasteiger partial charge < -0.3 is 9.80 Å². The van der Waals surface area contributed by atoms with Crippen molar-refractivity contribution in [2.24, 2.45) is 0 Å². The average molecular weight is 363 g/mol. The highest BCUT2D eigenvalue weighted by molar-refractivity contribution is 5.66. The molecule has 0 N–H and O–H groups in total. The molecular weight excluding hydrogens is 328 g/mol. The van der Waals surface area contributed by atoms with Gasteiger partial charge in [0.15, 0.2) is 0 Å². The predicted octanol–water partition coefficient (Wildman–Crippen LogP) is 6.31. The Balaban J connectivity index is 1.85. The average Bonchev–Trinajstić information content (AvgIpc) is 3.05. The SMILES string of the molecule is C=C1CCCN1CCCN(c1cc(C)cc(CC)c1)c1ccc(C)c(C)c1. The first-order valence-corrected chi connectivity index (χ1v) is 10.4. The van der Waals surface area contributed by atoms with Crippen LogP contribution in [0.4, 0.5) is 11.4 Å². The Morgan fingerprint density at radius 2 is 1.81 bits per heavy atom. The Morgan fingerprint density at radius 3 is 2.48 bits per heavy atom. The van der Waals surface area contributed by atoms with E-state index < -0.39 is 0 Å². The van der Waals surface area contributed by atoms with Crippen LogP contribution in [-0.2, 0) is 6.42 Å². The minimum absolute atomic E-state index is 1.03. The van der Waals surface area contributed by atoms with E-state index in [0.29, 0.717) is 0 Å². The summed E-state index contributed by atoms with van der Waals surface area (Å²) in [6.45, 7) is 16.4. The van der Waals surface area contributed by atoms with E-state index in [9.17, 15) is 0 Å². The second-order valence-electron chi connectivity index (χ2n) is 7.96. The minimum atomic E-state index is 1.03. The van der Waals surface area contributed by atoms with Crippen molar-refractivity contribution in [3.63, 3.8) is 0 Å². The normalized spacial score (nSPS) is 14.1. The van der Waals surface area contributed by atoms with Gasteiger partial charge in [0.05, 0.1) is 0 Å². The zero-order valence-corrected chi connectivity index (χ0v) is 17.5. The smallest absolute Gasteiger partial charge is 0.0416 e. The van der Waals surface area contributed by atoms with Crippen LogP contribution in [-0.4, -0.2) is 24.5 Å².